The van der Waals surface area contributed by atoms with Gasteiger partial charge in [-0.25, -0.2) is 19.5 Å². The third-order valence-electron chi connectivity index (χ3n) is 17.1. The molecule has 29 heteroatoms. The van der Waals surface area contributed by atoms with Gasteiger partial charge in [-0.3, -0.25) is 48.6 Å². The molecule has 8 rings (SSSR count). The third-order valence-corrected chi connectivity index (χ3v) is 22.5. The van der Waals surface area contributed by atoms with Gasteiger partial charge in [0.1, 0.15) is 51.2 Å². The number of carbonyl (C=O) groups excluding carboxylic acids is 10. The minimum Gasteiger partial charge on any atom is -0.495 e. The fourth-order valence-electron chi connectivity index (χ4n) is 11.5. The number of aliphatic hydroxyl groups is 1. The van der Waals surface area contributed by atoms with E-state index in [1.165, 1.54) is 102 Å². The summed E-state index contributed by atoms with van der Waals surface area (Å²) in [6.45, 7) is 10.8. The molecule has 4 unspecified atom stereocenters. The number of likely N-dealkylation sites (tertiary alicyclic amines) is 1. The molecule has 5 saturated heterocycles. The number of alkyl carbamates (subject to hydrolysis) is 1. The number of unbranched alkanes of at least 4 members (excludes halogenated alkanes) is 1. The van der Waals surface area contributed by atoms with Gasteiger partial charge in [-0.15, -0.1) is 35.3 Å². The van der Waals surface area contributed by atoms with Crippen LogP contribution in [0.15, 0.2) is 48.2 Å². The van der Waals surface area contributed by atoms with Crippen molar-refractivity contribution in [3.8, 4) is 5.75 Å². The molecule has 7 heterocycles. The number of hydrogen-bond donors (Lipinski definition) is 4. The van der Waals surface area contributed by atoms with E-state index in [1.807, 2.05) is 33.1 Å². The maximum absolute atomic E-state index is 14.5. The number of thioether (sulfide) groups is 4. The molecule has 24 nitrogen and oxygen atoms in total. The van der Waals surface area contributed by atoms with Gasteiger partial charge in [0.25, 0.3) is 5.91 Å². The van der Waals surface area contributed by atoms with Gasteiger partial charge in [0.15, 0.2) is 11.5 Å². The van der Waals surface area contributed by atoms with Gasteiger partial charge in [-0.2, -0.15) is 11.8 Å². The smallest absolute Gasteiger partial charge is 0.409 e. The third kappa shape index (κ3) is 15.8. The van der Waals surface area contributed by atoms with Crippen LogP contribution in [0.25, 0.3) is 0 Å². The second kappa shape index (κ2) is 29.4. The number of aromatic nitrogens is 1. The average Bonchev–Trinajstić information content (AvgIpc) is 1.65. The van der Waals surface area contributed by atoms with E-state index in [2.05, 4.69) is 20.9 Å². The summed E-state index contributed by atoms with van der Waals surface area (Å²) < 4.78 is 28.9. The van der Waals surface area contributed by atoms with Crippen molar-refractivity contribution in [2.75, 3.05) is 73.6 Å². The minimum absolute atomic E-state index is 0.00779. The Hall–Kier alpha value is -5.88. The van der Waals surface area contributed by atoms with Gasteiger partial charge in [0.05, 0.1) is 41.8 Å². The van der Waals surface area contributed by atoms with Crippen molar-refractivity contribution in [3.63, 3.8) is 0 Å². The van der Waals surface area contributed by atoms with Gasteiger partial charge < -0.3 is 49.2 Å². The number of hydrogen-bond acceptors (Lipinski definition) is 21. The van der Waals surface area contributed by atoms with E-state index in [1.54, 1.807) is 45.2 Å². The van der Waals surface area contributed by atoms with Gasteiger partial charge >= 0.3 is 12.1 Å². The molecule has 0 spiro atoms. The van der Waals surface area contributed by atoms with Crippen molar-refractivity contribution < 1.29 is 76.7 Å². The summed E-state index contributed by atoms with van der Waals surface area (Å²) in [4.78, 5) is 145. The molecule has 6 aliphatic rings. The summed E-state index contributed by atoms with van der Waals surface area (Å²) in [5.41, 5.74) is -1.19. The Bertz CT molecular complexity index is 3210. The molecule has 0 saturated carbocycles. The number of pyridine rings is 1. The van der Waals surface area contributed by atoms with Crippen LogP contribution in [-0.2, 0) is 63.7 Å². The van der Waals surface area contributed by atoms with Crippen molar-refractivity contribution in [1.29, 1.82) is 0 Å². The van der Waals surface area contributed by atoms with Gasteiger partial charge in [0, 0.05) is 87.7 Å². The Morgan fingerprint density at radius 2 is 1.72 bits per heavy atom. The number of esters is 1. The SMILES string of the molecule is COc1cc2cc(c1Cl)N(C)C(=O)C[C@H](OC(=O)[C@H](C)N(C)C(=O)CCC(C)(C)SC1CC(=O)N(CCCCNC(=O)c3cnc(NC(=O)CCSC)c(N4C(=O)C5SCSC5C4=O)c3)C1=O)C1(C)O[C@H]1[C@H](C)[C@@H]1C[C@@](O)(NC(=O)O1)[C@H](OC)/C=C/C=C(\C)C2. The zero-order valence-corrected chi connectivity index (χ0v) is 56.3. The highest BCUT2D eigenvalue weighted by atomic mass is 35.5. The molecule has 4 bridgehead atoms. The standard InChI is InChI=1S/C61H79ClN8O16S4/c1-32-15-14-16-42(83-10)61(81)29-40(84-58(80)66-61)33(2)51-60(6,86-51)43(28-46(73)68(8)37-24-35(23-32)25-39(82-9)48(37)62)85-57(79)34(3)67(7)45(72)17-19-59(4,5)90-41-27-47(74)69(54(41)76)21-13-12-20-63-53(75)36-26-38(52(64-30-36)65-44(71)18-22-87-11)70-55(77)49-50(56(70)78)89-31-88-49/h14-16,24-26,30,33-34,40-43,49-51,81H,12-13,17-23,27-29,31H2,1-11H3,(H,63,75)(H,66,80)(H,64,65,71)/b16-14+,32-15+/t33-,34+,40+,41?,42-,43+,49?,50?,51+,60?,61+/m1/s1. The number of carbonyl (C=O) groups is 10. The van der Waals surface area contributed by atoms with Gasteiger partial charge in [0.2, 0.25) is 41.4 Å². The van der Waals surface area contributed by atoms with E-state index < -0.39 is 116 Å². The average molecular weight is 1340 g/mol. The second-order valence-corrected chi connectivity index (χ2v) is 29.9. The van der Waals surface area contributed by atoms with Crippen LogP contribution in [0.3, 0.4) is 0 Å². The lowest BCUT2D eigenvalue weighted by Gasteiger charge is -2.42. The molecule has 0 radical (unpaired) electrons. The van der Waals surface area contributed by atoms with Crippen molar-refractivity contribution in [3.05, 3.63) is 64.3 Å². The Balaban J connectivity index is 0.859. The van der Waals surface area contributed by atoms with Crippen LogP contribution in [0.4, 0.5) is 22.0 Å². The maximum Gasteiger partial charge on any atom is 0.409 e. The van der Waals surface area contributed by atoms with Crippen LogP contribution in [0, 0.1) is 5.92 Å². The fourth-order valence-corrected chi connectivity index (χ4v) is 16.7. The van der Waals surface area contributed by atoms with Crippen molar-refractivity contribution in [2.45, 2.75) is 162 Å². The van der Waals surface area contributed by atoms with Crippen LogP contribution in [0.5, 0.6) is 5.75 Å². The topological polar surface area (TPSA) is 302 Å². The van der Waals surface area contributed by atoms with E-state index >= 15 is 0 Å². The van der Waals surface area contributed by atoms with Crippen molar-refractivity contribution in [1.82, 2.24) is 25.4 Å². The summed E-state index contributed by atoms with van der Waals surface area (Å²) in [5.74, 6) is -4.02. The van der Waals surface area contributed by atoms with E-state index in [0.29, 0.717) is 41.5 Å². The number of nitrogens with one attached hydrogen (secondary N) is 3. The molecule has 4 N–H and O–H groups in total. The number of benzene rings is 1. The van der Waals surface area contributed by atoms with E-state index in [-0.39, 0.29) is 85.0 Å². The largest absolute Gasteiger partial charge is 0.495 e. The van der Waals surface area contributed by atoms with E-state index in [9.17, 15) is 53.1 Å². The molecule has 490 valence electrons. The normalized spacial score (nSPS) is 28.3. The summed E-state index contributed by atoms with van der Waals surface area (Å²) >= 11 is 12.3. The van der Waals surface area contributed by atoms with Crippen LogP contribution < -0.4 is 30.5 Å². The number of allylic oxidation sites excluding steroid dienone is 3. The van der Waals surface area contributed by atoms with Crippen LogP contribution >= 0.6 is 58.6 Å². The summed E-state index contributed by atoms with van der Waals surface area (Å²) in [6, 6.07) is 3.73. The molecule has 90 heavy (non-hydrogen) atoms. The first kappa shape index (κ1) is 70.0. The van der Waals surface area contributed by atoms with Crippen LogP contribution in [0.2, 0.25) is 5.02 Å². The molecular weight excluding hydrogens is 1260 g/mol. The lowest BCUT2D eigenvalue weighted by Crippen LogP contribution is -2.63. The molecule has 9 amide bonds. The highest BCUT2D eigenvalue weighted by Gasteiger charge is 2.65. The second-order valence-electron chi connectivity index (χ2n) is 24.0. The Labute approximate surface area is 545 Å². The lowest BCUT2D eigenvalue weighted by atomic mass is 9.83. The number of ether oxygens (including phenoxy) is 5. The molecule has 1 aromatic heterocycles. The number of methoxy groups -OCH3 is 2. The number of anilines is 3. The number of amides is 9. The number of halogens is 1. The molecule has 5 fully saturated rings. The molecule has 0 aliphatic carbocycles. The van der Waals surface area contributed by atoms with Crippen molar-refractivity contribution in [2.24, 2.45) is 5.92 Å². The quantitative estimate of drug-likeness (QED) is 0.0463. The molecule has 11 atom stereocenters. The minimum atomic E-state index is -1.90. The highest BCUT2D eigenvalue weighted by Crippen LogP contribution is 2.50. The number of fused-ring (bicyclic) bond motifs is 6. The van der Waals surface area contributed by atoms with E-state index in [4.69, 9.17) is 35.3 Å². The zero-order chi connectivity index (χ0) is 65.7. The fraction of sp³-hybridized carbons (Fsp3) is 0.590. The molecular formula is C61H79ClN8O16S4. The monoisotopic (exact) mass is 1340 g/mol. The summed E-state index contributed by atoms with van der Waals surface area (Å²) in [7, 11) is 5.87. The van der Waals surface area contributed by atoms with E-state index in [0.717, 1.165) is 16.0 Å². The zero-order valence-electron chi connectivity index (χ0n) is 52.2. The predicted molar refractivity (Wildman–Crippen MR) is 345 cm³/mol. The number of imide groups is 2. The first-order valence-electron chi connectivity index (χ1n) is 29.6. The summed E-state index contributed by atoms with van der Waals surface area (Å²) in [5, 5.41) is 18.8. The van der Waals surface area contributed by atoms with Crippen LogP contribution in [0.1, 0.15) is 109 Å². The molecule has 2 aromatic rings. The number of epoxide rings is 1. The Morgan fingerprint density at radius 3 is 2.40 bits per heavy atom. The van der Waals surface area contributed by atoms with Crippen molar-refractivity contribution >= 4 is 135 Å². The lowest BCUT2D eigenvalue weighted by molar-refractivity contribution is -0.162. The molecule has 1 aromatic carbocycles. The highest BCUT2D eigenvalue weighted by molar-refractivity contribution is 8.20. The predicted octanol–water partition coefficient (Wildman–Crippen LogP) is 6.28. The molecule has 6 aliphatic heterocycles. The van der Waals surface area contributed by atoms with Gasteiger partial charge in [-0.1, -0.05) is 56.2 Å². The Kier molecular flexibility index (Phi) is 22.9. The number of likely N-dealkylation sites (N-methyl/N-ethyl adjacent to an activating group) is 1. The first-order valence-corrected chi connectivity index (χ1v) is 34.3. The van der Waals surface area contributed by atoms with Gasteiger partial charge in [-0.05, 0) is 76.5 Å². The van der Waals surface area contributed by atoms with Crippen LogP contribution in [-0.4, -0.2) is 200 Å². The number of nitrogens with zero attached hydrogens (tertiary/aromatic N) is 5. The summed E-state index contributed by atoms with van der Waals surface area (Å²) in [6.07, 6.45) is 4.43. The number of rotatable bonds is 21. The maximum atomic E-state index is 14.5. The Morgan fingerprint density at radius 1 is 1.01 bits per heavy atom. The first-order chi connectivity index (χ1) is 42.5.